The Labute approximate surface area is 169 Å². The molecule has 4 aromatic rings. The number of hydrogen-bond acceptors (Lipinski definition) is 4. The maximum Gasteiger partial charge on any atom is 0.196 e. The van der Waals surface area contributed by atoms with E-state index in [1.807, 2.05) is 78.9 Å². The Kier molecular flexibility index (Phi) is 4.99. The molecule has 0 heterocycles. The van der Waals surface area contributed by atoms with Crippen LogP contribution in [0.4, 0.5) is 11.4 Å². The Morgan fingerprint density at radius 2 is 1.28 bits per heavy atom. The number of para-hydroxylation sites is 1. The van der Waals surface area contributed by atoms with E-state index < -0.39 is 0 Å². The predicted octanol–water partition coefficient (Wildman–Crippen LogP) is 5.54. The lowest BCUT2D eigenvalue weighted by molar-refractivity contribution is 0.103. The average molecular weight is 380 g/mol. The van der Waals surface area contributed by atoms with Crippen LogP contribution in [0.1, 0.15) is 15.9 Å². The van der Waals surface area contributed by atoms with Gasteiger partial charge in [0, 0.05) is 16.8 Å². The first-order valence-electron chi connectivity index (χ1n) is 9.25. The van der Waals surface area contributed by atoms with Crippen LogP contribution < -0.4 is 16.2 Å². The second-order valence-corrected chi connectivity index (χ2v) is 6.61. The highest BCUT2D eigenvalue weighted by Gasteiger charge is 2.23. The Hall–Kier alpha value is -4.05. The second-order valence-electron chi connectivity index (χ2n) is 6.61. The molecule has 4 rings (SSSR count). The monoisotopic (exact) mass is 380 g/mol. The van der Waals surface area contributed by atoms with Crippen LogP contribution in [0, 0.1) is 0 Å². The number of ether oxygens (including phenoxy) is 1. The summed E-state index contributed by atoms with van der Waals surface area (Å²) in [6, 6.07) is 29.5. The number of nitrogen functional groups attached to an aromatic ring is 2. The van der Waals surface area contributed by atoms with Crippen molar-refractivity contribution in [2.45, 2.75) is 0 Å². The van der Waals surface area contributed by atoms with E-state index in [0.717, 1.165) is 5.56 Å². The van der Waals surface area contributed by atoms with Gasteiger partial charge in [-0.05, 0) is 23.8 Å². The Morgan fingerprint density at radius 1 is 0.724 bits per heavy atom. The quantitative estimate of drug-likeness (QED) is 0.352. The van der Waals surface area contributed by atoms with E-state index in [2.05, 4.69) is 0 Å². The van der Waals surface area contributed by atoms with Crippen LogP contribution in [-0.2, 0) is 0 Å². The van der Waals surface area contributed by atoms with Gasteiger partial charge in [0.05, 0.1) is 11.3 Å². The molecule has 0 aliphatic heterocycles. The van der Waals surface area contributed by atoms with Gasteiger partial charge in [-0.25, -0.2) is 0 Å². The van der Waals surface area contributed by atoms with Gasteiger partial charge in [-0.3, -0.25) is 4.79 Å². The van der Waals surface area contributed by atoms with Crippen LogP contribution >= 0.6 is 0 Å². The molecule has 0 aliphatic carbocycles. The van der Waals surface area contributed by atoms with Gasteiger partial charge in [0.1, 0.15) is 5.75 Å². The van der Waals surface area contributed by atoms with Crippen molar-refractivity contribution in [3.8, 4) is 22.6 Å². The Morgan fingerprint density at radius 3 is 1.90 bits per heavy atom. The van der Waals surface area contributed by atoms with Gasteiger partial charge in [0.25, 0.3) is 0 Å². The van der Waals surface area contributed by atoms with E-state index in [4.69, 9.17) is 16.2 Å². The Bertz CT molecular complexity index is 1140. The molecule has 4 aromatic carbocycles. The number of hydrogen-bond donors (Lipinski definition) is 2. The van der Waals surface area contributed by atoms with E-state index in [0.29, 0.717) is 39.6 Å². The fraction of sp³-hybridized carbons (Fsp3) is 0. The van der Waals surface area contributed by atoms with E-state index >= 15 is 0 Å². The number of carbonyl (C=O) groups is 1. The fourth-order valence-electron chi connectivity index (χ4n) is 3.26. The first kappa shape index (κ1) is 18.3. The lowest BCUT2D eigenvalue weighted by Crippen LogP contribution is -2.09. The highest BCUT2D eigenvalue weighted by atomic mass is 16.5. The molecular formula is C25H20N2O2. The van der Waals surface area contributed by atoms with Gasteiger partial charge < -0.3 is 16.2 Å². The molecule has 0 atom stereocenters. The maximum absolute atomic E-state index is 13.2. The summed E-state index contributed by atoms with van der Waals surface area (Å²) >= 11 is 0. The smallest absolute Gasteiger partial charge is 0.196 e. The lowest BCUT2D eigenvalue weighted by atomic mass is 9.94. The van der Waals surface area contributed by atoms with Crippen LogP contribution in [0.2, 0.25) is 0 Å². The molecule has 0 radical (unpaired) electrons. The highest BCUT2D eigenvalue weighted by Crippen LogP contribution is 2.43. The van der Waals surface area contributed by atoms with Gasteiger partial charge in [0.15, 0.2) is 11.5 Å². The third-order valence-electron chi connectivity index (χ3n) is 4.65. The molecule has 0 spiro atoms. The zero-order chi connectivity index (χ0) is 20.2. The molecule has 142 valence electrons. The molecule has 4 N–H and O–H groups in total. The molecule has 0 unspecified atom stereocenters. The van der Waals surface area contributed by atoms with Gasteiger partial charge in [-0.15, -0.1) is 0 Å². The summed E-state index contributed by atoms with van der Waals surface area (Å²) < 4.78 is 6.10. The van der Waals surface area contributed by atoms with Crippen LogP contribution in [0.25, 0.3) is 11.1 Å². The summed E-state index contributed by atoms with van der Waals surface area (Å²) in [6.45, 7) is 0. The molecule has 4 nitrogen and oxygen atoms in total. The van der Waals surface area contributed by atoms with Crippen molar-refractivity contribution in [1.82, 2.24) is 0 Å². The van der Waals surface area contributed by atoms with Gasteiger partial charge >= 0.3 is 0 Å². The Balaban J connectivity index is 1.91. The molecule has 0 saturated carbocycles. The molecule has 0 bridgehead atoms. The van der Waals surface area contributed by atoms with Crippen LogP contribution in [-0.4, -0.2) is 5.78 Å². The molecule has 0 amide bonds. The summed E-state index contributed by atoms with van der Waals surface area (Å²) in [6.07, 6.45) is 0. The van der Waals surface area contributed by atoms with Crippen LogP contribution in [0.3, 0.4) is 0 Å². The third-order valence-corrected chi connectivity index (χ3v) is 4.65. The zero-order valence-corrected chi connectivity index (χ0v) is 15.7. The molecule has 0 fully saturated rings. The predicted molar refractivity (Wildman–Crippen MR) is 117 cm³/mol. The summed E-state index contributed by atoms with van der Waals surface area (Å²) in [7, 11) is 0. The zero-order valence-electron chi connectivity index (χ0n) is 15.7. The summed E-state index contributed by atoms with van der Waals surface area (Å²) in [5, 5.41) is 0. The van der Waals surface area contributed by atoms with Crippen molar-refractivity contribution in [3.63, 3.8) is 0 Å². The minimum atomic E-state index is -0.199. The van der Waals surface area contributed by atoms with E-state index in [1.165, 1.54) is 0 Å². The SMILES string of the molecule is Nc1cc(C(=O)c2ccccc2)c(Oc2ccccc2)c(N)c1-c1ccccc1. The van der Waals surface area contributed by atoms with Gasteiger partial charge in [0.2, 0.25) is 0 Å². The summed E-state index contributed by atoms with van der Waals surface area (Å²) in [5.74, 6) is 0.692. The van der Waals surface area contributed by atoms with Gasteiger partial charge in [-0.1, -0.05) is 78.9 Å². The first-order valence-corrected chi connectivity index (χ1v) is 9.25. The van der Waals surface area contributed by atoms with Crippen molar-refractivity contribution in [2.24, 2.45) is 0 Å². The molecule has 0 saturated heterocycles. The van der Waals surface area contributed by atoms with Crippen molar-refractivity contribution >= 4 is 17.2 Å². The minimum absolute atomic E-state index is 0.199. The number of nitrogens with two attached hydrogens (primary N) is 2. The normalized spacial score (nSPS) is 10.5. The minimum Gasteiger partial charge on any atom is -0.454 e. The van der Waals surface area contributed by atoms with Crippen LogP contribution in [0.15, 0.2) is 97.1 Å². The largest absolute Gasteiger partial charge is 0.454 e. The van der Waals surface area contributed by atoms with Crippen LogP contribution in [0.5, 0.6) is 11.5 Å². The molecule has 4 heteroatoms. The number of anilines is 2. The number of carbonyl (C=O) groups excluding carboxylic acids is 1. The number of rotatable bonds is 5. The average Bonchev–Trinajstić information content (AvgIpc) is 2.77. The molecule has 0 aromatic heterocycles. The standard InChI is InChI=1S/C25H20N2O2/c26-21-16-20(24(28)18-12-6-2-7-13-18)25(29-19-14-8-3-9-15-19)23(27)22(21)17-10-4-1-5-11-17/h1-16H,26-27H2. The van der Waals surface area contributed by atoms with E-state index in [9.17, 15) is 4.79 Å². The molecule has 0 aliphatic rings. The first-order chi connectivity index (χ1) is 14.1. The highest BCUT2D eigenvalue weighted by molar-refractivity contribution is 6.13. The van der Waals surface area contributed by atoms with Crippen molar-refractivity contribution in [1.29, 1.82) is 0 Å². The molecule has 29 heavy (non-hydrogen) atoms. The van der Waals surface area contributed by atoms with Crippen molar-refractivity contribution in [2.75, 3.05) is 11.5 Å². The summed E-state index contributed by atoms with van der Waals surface area (Å²) in [4.78, 5) is 13.2. The van der Waals surface area contributed by atoms with E-state index in [-0.39, 0.29) is 5.78 Å². The van der Waals surface area contributed by atoms with E-state index in [1.54, 1.807) is 18.2 Å². The number of ketones is 1. The fourth-order valence-corrected chi connectivity index (χ4v) is 3.26. The lowest BCUT2D eigenvalue weighted by Gasteiger charge is -2.18. The molecular weight excluding hydrogens is 360 g/mol. The van der Waals surface area contributed by atoms with Crippen molar-refractivity contribution < 1.29 is 9.53 Å². The summed E-state index contributed by atoms with van der Waals surface area (Å²) in [5.41, 5.74) is 16.0. The number of benzene rings is 4. The third kappa shape index (κ3) is 3.69. The topological polar surface area (TPSA) is 78.3 Å². The second kappa shape index (κ2) is 7.90. The van der Waals surface area contributed by atoms with Crippen molar-refractivity contribution in [3.05, 3.63) is 108 Å². The van der Waals surface area contributed by atoms with Gasteiger partial charge in [-0.2, -0.15) is 0 Å². The maximum atomic E-state index is 13.2.